The van der Waals surface area contributed by atoms with Crippen molar-refractivity contribution in [2.75, 3.05) is 19.6 Å². The van der Waals surface area contributed by atoms with Gasteiger partial charge in [-0.25, -0.2) is 0 Å². The van der Waals surface area contributed by atoms with E-state index in [1.807, 2.05) is 0 Å². The van der Waals surface area contributed by atoms with Crippen molar-refractivity contribution < 1.29 is 0 Å². The minimum absolute atomic E-state index is 0.375. The Morgan fingerprint density at radius 1 is 0.909 bits per heavy atom. The molecule has 0 radical (unpaired) electrons. The fourth-order valence-electron chi connectivity index (χ4n) is 3.63. The van der Waals surface area contributed by atoms with Crippen LogP contribution in [-0.2, 0) is 12.8 Å². The van der Waals surface area contributed by atoms with Gasteiger partial charge in [-0.1, -0.05) is 65.8 Å². The fourth-order valence-corrected chi connectivity index (χ4v) is 3.63. The Morgan fingerprint density at radius 2 is 1.50 bits per heavy atom. The molecule has 1 aromatic rings. The molecule has 1 atom stereocenters. The summed E-state index contributed by atoms with van der Waals surface area (Å²) in [7, 11) is 0. The molecule has 1 nitrogen and oxygen atoms in total. The number of rotatable bonds is 4. The van der Waals surface area contributed by atoms with E-state index in [-0.39, 0.29) is 0 Å². The van der Waals surface area contributed by atoms with Gasteiger partial charge in [0.1, 0.15) is 0 Å². The average Bonchev–Trinajstić information content (AvgIpc) is 2.75. The normalized spacial score (nSPS) is 20.5. The first kappa shape index (κ1) is 17.5. The Balaban J connectivity index is 1.85. The third-order valence-corrected chi connectivity index (χ3v) is 4.35. The molecule has 124 valence electrons. The molecule has 1 heterocycles. The van der Waals surface area contributed by atoms with E-state index in [1.165, 1.54) is 43.6 Å². The van der Waals surface area contributed by atoms with E-state index < -0.39 is 0 Å². The number of nitrogens with zero attached hydrogens (tertiary/aromatic N) is 1. The standard InChI is InChI=1S/C21H35N/c1-20(2,3)14-18-9-7-17(8-10-18)13-19-11-12-22(15-19)16-21(4,5)6/h7-10,19H,11-16H2,1-6H3. The highest BCUT2D eigenvalue weighted by Gasteiger charge is 2.25. The van der Waals surface area contributed by atoms with Gasteiger partial charge in [0.25, 0.3) is 0 Å². The summed E-state index contributed by atoms with van der Waals surface area (Å²) in [5.41, 5.74) is 3.78. The number of likely N-dealkylation sites (tertiary alicyclic amines) is 1. The van der Waals surface area contributed by atoms with Crippen LogP contribution in [0.4, 0.5) is 0 Å². The molecule has 1 fully saturated rings. The van der Waals surface area contributed by atoms with Crippen LogP contribution in [0.15, 0.2) is 24.3 Å². The van der Waals surface area contributed by atoms with Crippen molar-refractivity contribution in [3.8, 4) is 0 Å². The van der Waals surface area contributed by atoms with Gasteiger partial charge in [0.2, 0.25) is 0 Å². The van der Waals surface area contributed by atoms with Crippen molar-refractivity contribution in [3.05, 3.63) is 35.4 Å². The fraction of sp³-hybridized carbons (Fsp3) is 0.714. The lowest BCUT2D eigenvalue weighted by molar-refractivity contribution is 0.221. The van der Waals surface area contributed by atoms with Crippen LogP contribution in [0.1, 0.15) is 59.1 Å². The lowest BCUT2D eigenvalue weighted by Crippen LogP contribution is -2.31. The van der Waals surface area contributed by atoms with E-state index in [1.54, 1.807) is 0 Å². The van der Waals surface area contributed by atoms with E-state index in [0.29, 0.717) is 10.8 Å². The summed E-state index contributed by atoms with van der Waals surface area (Å²) in [4.78, 5) is 2.65. The Morgan fingerprint density at radius 3 is 2.05 bits per heavy atom. The number of benzene rings is 1. The van der Waals surface area contributed by atoms with Crippen molar-refractivity contribution in [3.63, 3.8) is 0 Å². The molecule has 1 heteroatoms. The largest absolute Gasteiger partial charge is 0.303 e. The Kier molecular flexibility index (Phi) is 5.37. The van der Waals surface area contributed by atoms with Crippen LogP contribution >= 0.6 is 0 Å². The molecule has 1 aromatic carbocycles. The van der Waals surface area contributed by atoms with Crippen LogP contribution in [0.5, 0.6) is 0 Å². The summed E-state index contributed by atoms with van der Waals surface area (Å²) >= 11 is 0. The van der Waals surface area contributed by atoms with Crippen LogP contribution in [0.25, 0.3) is 0 Å². The molecule has 0 aromatic heterocycles. The summed E-state index contributed by atoms with van der Waals surface area (Å²) in [6.45, 7) is 17.7. The SMILES string of the molecule is CC(C)(C)Cc1ccc(CC2CCN(CC(C)(C)C)C2)cc1. The lowest BCUT2D eigenvalue weighted by atomic mass is 9.87. The van der Waals surface area contributed by atoms with E-state index in [4.69, 9.17) is 0 Å². The molecular weight excluding hydrogens is 266 g/mol. The van der Waals surface area contributed by atoms with Crippen LogP contribution in [-0.4, -0.2) is 24.5 Å². The van der Waals surface area contributed by atoms with Gasteiger partial charge in [-0.2, -0.15) is 0 Å². The first-order valence-corrected chi connectivity index (χ1v) is 8.91. The van der Waals surface area contributed by atoms with Gasteiger partial charge in [0, 0.05) is 13.1 Å². The van der Waals surface area contributed by atoms with E-state index in [2.05, 4.69) is 70.7 Å². The zero-order valence-corrected chi connectivity index (χ0v) is 15.6. The Bertz CT molecular complexity index is 458. The summed E-state index contributed by atoms with van der Waals surface area (Å²) in [5, 5.41) is 0. The lowest BCUT2D eigenvalue weighted by Gasteiger charge is -2.26. The van der Waals surface area contributed by atoms with E-state index >= 15 is 0 Å². The molecule has 1 aliphatic heterocycles. The summed E-state index contributed by atoms with van der Waals surface area (Å²) in [5.74, 6) is 0.843. The minimum atomic E-state index is 0.375. The first-order valence-electron chi connectivity index (χ1n) is 8.91. The van der Waals surface area contributed by atoms with Gasteiger partial charge < -0.3 is 4.90 Å². The molecule has 1 aliphatic rings. The molecule has 0 bridgehead atoms. The Labute approximate surface area is 138 Å². The molecule has 0 amide bonds. The highest BCUT2D eigenvalue weighted by atomic mass is 15.1. The number of hydrogen-bond donors (Lipinski definition) is 0. The van der Waals surface area contributed by atoms with Crippen molar-refractivity contribution >= 4 is 0 Å². The van der Waals surface area contributed by atoms with Crippen LogP contribution in [0.2, 0.25) is 0 Å². The quantitative estimate of drug-likeness (QED) is 0.740. The predicted octanol–water partition coefficient (Wildman–Crippen LogP) is 5.19. The molecule has 1 saturated heterocycles. The van der Waals surface area contributed by atoms with Gasteiger partial charge in [-0.15, -0.1) is 0 Å². The minimum Gasteiger partial charge on any atom is -0.303 e. The molecule has 22 heavy (non-hydrogen) atoms. The van der Waals surface area contributed by atoms with E-state index in [9.17, 15) is 0 Å². The van der Waals surface area contributed by atoms with Crippen LogP contribution in [0, 0.1) is 16.7 Å². The second-order valence-corrected chi connectivity index (χ2v) is 9.71. The van der Waals surface area contributed by atoms with Gasteiger partial charge in [-0.05, 0) is 53.7 Å². The third kappa shape index (κ3) is 6.12. The smallest absolute Gasteiger partial charge is 0.00302 e. The third-order valence-electron chi connectivity index (χ3n) is 4.35. The van der Waals surface area contributed by atoms with Crippen LogP contribution < -0.4 is 0 Å². The molecule has 0 spiro atoms. The maximum atomic E-state index is 2.65. The monoisotopic (exact) mass is 301 g/mol. The second-order valence-electron chi connectivity index (χ2n) is 9.71. The highest BCUT2D eigenvalue weighted by Crippen LogP contribution is 2.26. The van der Waals surface area contributed by atoms with Crippen molar-refractivity contribution in [1.29, 1.82) is 0 Å². The zero-order chi connectivity index (χ0) is 16.4. The molecular formula is C21H35N. The molecule has 2 rings (SSSR count). The van der Waals surface area contributed by atoms with Crippen molar-refractivity contribution in [2.24, 2.45) is 16.7 Å². The maximum Gasteiger partial charge on any atom is 0.00302 e. The predicted molar refractivity (Wildman–Crippen MR) is 97.3 cm³/mol. The Hall–Kier alpha value is -0.820. The zero-order valence-electron chi connectivity index (χ0n) is 15.6. The van der Waals surface area contributed by atoms with Crippen molar-refractivity contribution in [2.45, 2.75) is 60.8 Å². The number of hydrogen-bond acceptors (Lipinski definition) is 1. The van der Waals surface area contributed by atoms with Gasteiger partial charge in [0.05, 0.1) is 0 Å². The van der Waals surface area contributed by atoms with Gasteiger partial charge in [-0.3, -0.25) is 0 Å². The van der Waals surface area contributed by atoms with Crippen LogP contribution in [0.3, 0.4) is 0 Å². The molecule has 0 N–H and O–H groups in total. The van der Waals surface area contributed by atoms with Gasteiger partial charge >= 0.3 is 0 Å². The highest BCUT2D eigenvalue weighted by molar-refractivity contribution is 5.24. The second kappa shape index (κ2) is 6.74. The first-order chi connectivity index (χ1) is 10.1. The summed E-state index contributed by atoms with van der Waals surface area (Å²) in [6.07, 6.45) is 3.77. The maximum absolute atomic E-state index is 2.65. The summed E-state index contributed by atoms with van der Waals surface area (Å²) < 4.78 is 0. The average molecular weight is 302 g/mol. The topological polar surface area (TPSA) is 3.24 Å². The van der Waals surface area contributed by atoms with Gasteiger partial charge in [0.15, 0.2) is 0 Å². The van der Waals surface area contributed by atoms with E-state index in [0.717, 1.165) is 12.3 Å². The molecule has 0 aliphatic carbocycles. The molecule has 0 saturated carbocycles. The molecule has 1 unspecified atom stereocenters. The summed E-state index contributed by atoms with van der Waals surface area (Å²) in [6, 6.07) is 9.38. The van der Waals surface area contributed by atoms with Crippen molar-refractivity contribution in [1.82, 2.24) is 4.90 Å².